The zero-order valence-corrected chi connectivity index (χ0v) is 10.3. The van der Waals surface area contributed by atoms with Crippen LogP contribution in [0.3, 0.4) is 0 Å². The highest BCUT2D eigenvalue weighted by atomic mass is 16.1. The Kier molecular flexibility index (Phi) is 2.85. The highest BCUT2D eigenvalue weighted by Gasteiger charge is 2.12. The van der Waals surface area contributed by atoms with E-state index in [1.807, 2.05) is 6.92 Å². The summed E-state index contributed by atoms with van der Waals surface area (Å²) < 4.78 is 1.37. The molecule has 0 radical (unpaired) electrons. The van der Waals surface area contributed by atoms with Crippen LogP contribution in [0.1, 0.15) is 11.5 Å². The van der Waals surface area contributed by atoms with Gasteiger partial charge in [-0.1, -0.05) is 0 Å². The fourth-order valence-electron chi connectivity index (χ4n) is 2.21. The van der Waals surface area contributed by atoms with Crippen LogP contribution < -0.4 is 10.9 Å². The second kappa shape index (κ2) is 4.51. The number of hydrogen-bond acceptors (Lipinski definition) is 5. The number of nitrogens with one attached hydrogen (secondary N) is 2. The van der Waals surface area contributed by atoms with Gasteiger partial charge in [-0.15, -0.1) is 0 Å². The van der Waals surface area contributed by atoms with Crippen molar-refractivity contribution in [2.24, 2.45) is 0 Å². The summed E-state index contributed by atoms with van der Waals surface area (Å²) in [4.78, 5) is 22.8. The Bertz CT molecular complexity index is 610. The molecule has 0 unspecified atom stereocenters. The standard InChI is InChI=1S/C11H16N6O/c1-8-13-11-14-9(6-10(18)17(11)15-8)7-16-4-2-12-3-5-16/h6,12H,2-5,7H2,1H3,(H,13,14,15). The summed E-state index contributed by atoms with van der Waals surface area (Å²) >= 11 is 0. The molecule has 18 heavy (non-hydrogen) atoms. The molecule has 7 nitrogen and oxygen atoms in total. The van der Waals surface area contributed by atoms with Crippen molar-refractivity contribution in [2.45, 2.75) is 13.5 Å². The van der Waals surface area contributed by atoms with Crippen LogP contribution in [0.15, 0.2) is 10.9 Å². The van der Waals surface area contributed by atoms with Crippen molar-refractivity contribution in [1.82, 2.24) is 29.8 Å². The van der Waals surface area contributed by atoms with E-state index in [0.29, 0.717) is 18.1 Å². The third-order valence-corrected chi connectivity index (χ3v) is 3.09. The van der Waals surface area contributed by atoms with Crippen molar-refractivity contribution in [2.75, 3.05) is 26.2 Å². The van der Waals surface area contributed by atoms with Crippen LogP contribution in [0.2, 0.25) is 0 Å². The predicted octanol–water partition coefficient (Wildman–Crippen LogP) is -0.869. The van der Waals surface area contributed by atoms with Gasteiger partial charge < -0.3 is 5.32 Å². The summed E-state index contributed by atoms with van der Waals surface area (Å²) in [6.07, 6.45) is 0. The molecule has 0 bridgehead atoms. The van der Waals surface area contributed by atoms with Gasteiger partial charge >= 0.3 is 0 Å². The summed E-state index contributed by atoms with van der Waals surface area (Å²) in [5, 5.41) is 6.16. The van der Waals surface area contributed by atoms with E-state index in [0.717, 1.165) is 31.9 Å². The number of rotatable bonds is 2. The van der Waals surface area contributed by atoms with Crippen LogP contribution in [0.5, 0.6) is 0 Å². The van der Waals surface area contributed by atoms with Gasteiger partial charge in [-0.3, -0.25) is 14.8 Å². The number of aromatic nitrogens is 4. The average molecular weight is 248 g/mol. The lowest BCUT2D eigenvalue weighted by atomic mass is 10.3. The van der Waals surface area contributed by atoms with Crippen molar-refractivity contribution < 1.29 is 0 Å². The van der Waals surface area contributed by atoms with Crippen molar-refractivity contribution in [3.8, 4) is 0 Å². The minimum atomic E-state index is -0.106. The maximum Gasteiger partial charge on any atom is 0.274 e. The monoisotopic (exact) mass is 248 g/mol. The Labute approximate surface area is 104 Å². The highest BCUT2D eigenvalue weighted by molar-refractivity contribution is 5.27. The van der Waals surface area contributed by atoms with Crippen LogP contribution in [-0.2, 0) is 6.54 Å². The van der Waals surface area contributed by atoms with Gasteiger partial charge in [-0.2, -0.15) is 9.50 Å². The third-order valence-electron chi connectivity index (χ3n) is 3.09. The molecule has 3 rings (SSSR count). The molecule has 0 spiro atoms. The minimum Gasteiger partial charge on any atom is -0.314 e. The number of H-pyrrole nitrogens is 1. The van der Waals surface area contributed by atoms with Gasteiger partial charge in [0.25, 0.3) is 11.3 Å². The van der Waals surface area contributed by atoms with Gasteiger partial charge in [0.15, 0.2) is 0 Å². The van der Waals surface area contributed by atoms with Crippen molar-refractivity contribution in [3.05, 3.63) is 27.9 Å². The molecule has 0 saturated carbocycles. The molecule has 2 N–H and O–H groups in total. The van der Waals surface area contributed by atoms with E-state index in [1.54, 1.807) is 6.07 Å². The van der Waals surface area contributed by atoms with Crippen LogP contribution >= 0.6 is 0 Å². The second-order valence-electron chi connectivity index (χ2n) is 4.56. The van der Waals surface area contributed by atoms with Crippen LogP contribution in [0.4, 0.5) is 0 Å². The van der Waals surface area contributed by atoms with Gasteiger partial charge in [0.1, 0.15) is 5.82 Å². The van der Waals surface area contributed by atoms with Gasteiger partial charge in [0, 0.05) is 38.8 Å². The fraction of sp³-hybridized carbons (Fsp3) is 0.545. The summed E-state index contributed by atoms with van der Waals surface area (Å²) in [6, 6.07) is 1.58. The first kappa shape index (κ1) is 11.4. The Morgan fingerprint density at radius 2 is 2.11 bits per heavy atom. The molecular weight excluding hydrogens is 232 g/mol. The Morgan fingerprint density at radius 3 is 2.89 bits per heavy atom. The smallest absolute Gasteiger partial charge is 0.274 e. The number of nitrogens with zero attached hydrogens (tertiary/aromatic N) is 4. The van der Waals surface area contributed by atoms with Crippen molar-refractivity contribution in [1.29, 1.82) is 0 Å². The lowest BCUT2D eigenvalue weighted by molar-refractivity contribution is 0.230. The summed E-state index contributed by atoms with van der Waals surface area (Å²) in [6.45, 7) is 6.47. The molecule has 0 atom stereocenters. The van der Waals surface area contributed by atoms with Gasteiger partial charge in [0.2, 0.25) is 0 Å². The van der Waals surface area contributed by atoms with E-state index in [9.17, 15) is 4.79 Å². The maximum atomic E-state index is 11.9. The highest BCUT2D eigenvalue weighted by Crippen LogP contribution is 2.02. The first-order valence-electron chi connectivity index (χ1n) is 6.11. The van der Waals surface area contributed by atoms with E-state index in [1.165, 1.54) is 4.52 Å². The van der Waals surface area contributed by atoms with Gasteiger partial charge in [0.05, 0.1) is 5.69 Å². The number of fused-ring (bicyclic) bond motifs is 1. The van der Waals surface area contributed by atoms with E-state index in [2.05, 4.69) is 25.3 Å². The minimum absolute atomic E-state index is 0.106. The molecule has 0 amide bonds. The summed E-state index contributed by atoms with van der Waals surface area (Å²) in [5.74, 6) is 1.14. The number of piperazine rings is 1. The van der Waals surface area contributed by atoms with E-state index < -0.39 is 0 Å². The Morgan fingerprint density at radius 1 is 1.33 bits per heavy atom. The first-order chi connectivity index (χ1) is 8.72. The fourth-order valence-corrected chi connectivity index (χ4v) is 2.21. The summed E-state index contributed by atoms with van der Waals surface area (Å²) in [5.41, 5.74) is 0.680. The average Bonchev–Trinajstić information content (AvgIpc) is 2.72. The molecule has 1 aliphatic heterocycles. The number of aromatic amines is 1. The molecular formula is C11H16N6O. The Hall–Kier alpha value is -1.73. The van der Waals surface area contributed by atoms with Gasteiger partial charge in [-0.05, 0) is 6.92 Å². The van der Waals surface area contributed by atoms with Crippen molar-refractivity contribution >= 4 is 5.78 Å². The molecule has 7 heteroatoms. The molecule has 1 saturated heterocycles. The Balaban J connectivity index is 1.89. The van der Waals surface area contributed by atoms with Crippen LogP contribution in [-0.4, -0.2) is 50.7 Å². The van der Waals surface area contributed by atoms with Gasteiger partial charge in [-0.25, -0.2) is 4.98 Å². The summed E-state index contributed by atoms with van der Waals surface area (Å²) in [7, 11) is 0. The zero-order valence-electron chi connectivity index (χ0n) is 10.3. The van der Waals surface area contributed by atoms with Crippen LogP contribution in [0.25, 0.3) is 5.78 Å². The van der Waals surface area contributed by atoms with E-state index in [-0.39, 0.29) is 5.56 Å². The predicted molar refractivity (Wildman–Crippen MR) is 66.5 cm³/mol. The topological polar surface area (TPSA) is 78.3 Å². The molecule has 1 aliphatic rings. The maximum absolute atomic E-state index is 11.9. The van der Waals surface area contributed by atoms with Crippen LogP contribution in [0, 0.1) is 6.92 Å². The third kappa shape index (κ3) is 2.14. The number of hydrogen-bond donors (Lipinski definition) is 2. The molecule has 96 valence electrons. The molecule has 0 aromatic carbocycles. The molecule has 0 aliphatic carbocycles. The van der Waals surface area contributed by atoms with Crippen molar-refractivity contribution in [3.63, 3.8) is 0 Å². The molecule has 2 aromatic rings. The molecule has 2 aromatic heterocycles. The number of aryl methyl sites for hydroxylation is 1. The quantitative estimate of drug-likeness (QED) is 0.722. The lowest BCUT2D eigenvalue weighted by Gasteiger charge is -2.26. The SMILES string of the molecule is Cc1nc2nc(CN3CCNCC3)cc(=O)n2[nH]1. The van der Waals surface area contributed by atoms with E-state index >= 15 is 0 Å². The lowest BCUT2D eigenvalue weighted by Crippen LogP contribution is -2.43. The largest absolute Gasteiger partial charge is 0.314 e. The molecule has 1 fully saturated rings. The van der Waals surface area contributed by atoms with E-state index in [4.69, 9.17) is 0 Å². The normalized spacial score (nSPS) is 17.4. The first-order valence-corrected chi connectivity index (χ1v) is 6.11. The molecule has 3 heterocycles. The zero-order chi connectivity index (χ0) is 12.5. The second-order valence-corrected chi connectivity index (χ2v) is 4.56.